The van der Waals surface area contributed by atoms with Crippen LogP contribution in [0.5, 0.6) is 0 Å². The maximum atomic E-state index is 12.2. The van der Waals surface area contributed by atoms with E-state index < -0.39 is 5.97 Å². The predicted octanol–water partition coefficient (Wildman–Crippen LogP) is 2.03. The first-order valence-corrected chi connectivity index (χ1v) is 7.28. The first kappa shape index (κ1) is 14.2. The van der Waals surface area contributed by atoms with Crippen molar-refractivity contribution in [1.29, 1.82) is 0 Å². The summed E-state index contributed by atoms with van der Waals surface area (Å²) in [6.07, 6.45) is 5.64. The van der Waals surface area contributed by atoms with Gasteiger partial charge in [0, 0.05) is 33.1 Å². The Bertz CT molecular complexity index is 342. The Morgan fingerprint density at radius 2 is 2.00 bits per heavy atom. The van der Waals surface area contributed by atoms with Gasteiger partial charge in [0.2, 0.25) is 0 Å². The van der Waals surface area contributed by atoms with E-state index in [2.05, 4.69) is 0 Å². The molecule has 2 amide bonds. The monoisotopic (exact) mass is 268 g/mol. The van der Waals surface area contributed by atoms with Crippen LogP contribution in [-0.2, 0) is 4.79 Å². The van der Waals surface area contributed by atoms with Crippen molar-refractivity contribution >= 4 is 12.0 Å². The van der Waals surface area contributed by atoms with Gasteiger partial charge in [-0.15, -0.1) is 0 Å². The zero-order valence-electron chi connectivity index (χ0n) is 11.7. The van der Waals surface area contributed by atoms with Crippen molar-refractivity contribution in [2.24, 2.45) is 11.8 Å². The molecule has 1 aliphatic carbocycles. The molecule has 1 saturated carbocycles. The van der Waals surface area contributed by atoms with Gasteiger partial charge in [-0.1, -0.05) is 6.42 Å². The molecule has 19 heavy (non-hydrogen) atoms. The highest BCUT2D eigenvalue weighted by Crippen LogP contribution is 2.28. The largest absolute Gasteiger partial charge is 0.481 e. The molecule has 0 radical (unpaired) electrons. The van der Waals surface area contributed by atoms with E-state index in [4.69, 9.17) is 5.11 Å². The number of amides is 2. The van der Waals surface area contributed by atoms with Crippen molar-refractivity contribution in [1.82, 2.24) is 9.80 Å². The highest BCUT2D eigenvalue weighted by molar-refractivity contribution is 5.74. The molecule has 1 heterocycles. The highest BCUT2D eigenvalue weighted by atomic mass is 16.4. The molecule has 0 spiro atoms. The lowest BCUT2D eigenvalue weighted by atomic mass is 9.85. The van der Waals surface area contributed by atoms with E-state index in [1.165, 1.54) is 19.3 Å². The number of likely N-dealkylation sites (tertiary alicyclic amines) is 1. The molecule has 1 aliphatic heterocycles. The Kier molecular flexibility index (Phi) is 4.66. The number of hydrogen-bond acceptors (Lipinski definition) is 2. The van der Waals surface area contributed by atoms with Gasteiger partial charge in [-0.3, -0.25) is 4.79 Å². The number of carbonyl (C=O) groups is 2. The number of aliphatic carboxylic acids is 1. The topological polar surface area (TPSA) is 60.9 Å². The first-order chi connectivity index (χ1) is 9.06. The van der Waals surface area contributed by atoms with Crippen molar-refractivity contribution in [2.75, 3.05) is 26.7 Å². The molecule has 108 valence electrons. The average molecular weight is 268 g/mol. The van der Waals surface area contributed by atoms with Gasteiger partial charge in [0.15, 0.2) is 0 Å². The van der Waals surface area contributed by atoms with Crippen LogP contribution in [0.3, 0.4) is 0 Å². The highest BCUT2D eigenvalue weighted by Gasteiger charge is 2.29. The summed E-state index contributed by atoms with van der Waals surface area (Å²) in [4.78, 5) is 26.5. The average Bonchev–Trinajstić information content (AvgIpc) is 2.78. The third-order valence-corrected chi connectivity index (χ3v) is 4.41. The third kappa shape index (κ3) is 3.85. The second kappa shape index (κ2) is 6.26. The van der Waals surface area contributed by atoms with Crippen LogP contribution in [-0.4, -0.2) is 53.6 Å². The van der Waals surface area contributed by atoms with Crippen LogP contribution in [0.15, 0.2) is 0 Å². The summed E-state index contributed by atoms with van der Waals surface area (Å²) in [5.41, 5.74) is 0. The lowest BCUT2D eigenvalue weighted by Crippen LogP contribution is -2.42. The van der Waals surface area contributed by atoms with Crippen molar-refractivity contribution in [3.63, 3.8) is 0 Å². The van der Waals surface area contributed by atoms with Crippen LogP contribution in [0.25, 0.3) is 0 Å². The summed E-state index contributed by atoms with van der Waals surface area (Å²) < 4.78 is 0. The van der Waals surface area contributed by atoms with Gasteiger partial charge >= 0.3 is 12.0 Å². The fourth-order valence-corrected chi connectivity index (χ4v) is 2.95. The van der Waals surface area contributed by atoms with Crippen molar-refractivity contribution in [2.45, 2.75) is 38.5 Å². The quantitative estimate of drug-likeness (QED) is 0.830. The maximum Gasteiger partial charge on any atom is 0.319 e. The van der Waals surface area contributed by atoms with E-state index in [1.54, 1.807) is 0 Å². The summed E-state index contributed by atoms with van der Waals surface area (Å²) in [7, 11) is 1.88. The van der Waals surface area contributed by atoms with E-state index in [-0.39, 0.29) is 12.5 Å². The maximum absolute atomic E-state index is 12.2. The Hall–Kier alpha value is -1.26. The molecular weight excluding hydrogens is 244 g/mol. The van der Waals surface area contributed by atoms with Crippen LogP contribution < -0.4 is 0 Å². The number of carbonyl (C=O) groups excluding carboxylic acids is 1. The summed E-state index contributed by atoms with van der Waals surface area (Å²) in [5, 5.41) is 8.68. The summed E-state index contributed by atoms with van der Waals surface area (Å²) in [5.74, 6) is 0.309. The molecule has 1 saturated heterocycles. The fourth-order valence-electron chi connectivity index (χ4n) is 2.95. The Morgan fingerprint density at radius 1 is 1.26 bits per heavy atom. The lowest BCUT2D eigenvalue weighted by Gasteiger charge is -2.32. The molecule has 1 N–H and O–H groups in total. The van der Waals surface area contributed by atoms with Gasteiger partial charge in [0.25, 0.3) is 0 Å². The number of urea groups is 1. The van der Waals surface area contributed by atoms with E-state index in [9.17, 15) is 9.59 Å². The van der Waals surface area contributed by atoms with Crippen molar-refractivity contribution in [3.05, 3.63) is 0 Å². The summed E-state index contributed by atoms with van der Waals surface area (Å²) >= 11 is 0. The van der Waals surface area contributed by atoms with Gasteiger partial charge in [0.1, 0.15) is 0 Å². The molecule has 2 aliphatic rings. The van der Waals surface area contributed by atoms with E-state index in [0.29, 0.717) is 18.3 Å². The van der Waals surface area contributed by atoms with Crippen LogP contribution in [0.1, 0.15) is 38.5 Å². The van der Waals surface area contributed by atoms with Gasteiger partial charge < -0.3 is 14.9 Å². The van der Waals surface area contributed by atoms with E-state index in [0.717, 1.165) is 26.1 Å². The first-order valence-electron chi connectivity index (χ1n) is 7.28. The number of carboxylic acid groups (broad SMARTS) is 1. The van der Waals surface area contributed by atoms with E-state index >= 15 is 0 Å². The Morgan fingerprint density at radius 3 is 2.58 bits per heavy atom. The normalized spacial score (nSPS) is 23.2. The molecule has 2 rings (SSSR count). The number of carboxylic acids is 1. The van der Waals surface area contributed by atoms with Crippen LogP contribution >= 0.6 is 0 Å². The van der Waals surface area contributed by atoms with E-state index in [1.807, 2.05) is 16.8 Å². The molecule has 2 fully saturated rings. The fraction of sp³-hybridized carbons (Fsp3) is 0.857. The van der Waals surface area contributed by atoms with Crippen molar-refractivity contribution in [3.8, 4) is 0 Å². The number of nitrogens with zero attached hydrogens (tertiary/aromatic N) is 2. The molecule has 5 nitrogen and oxygen atoms in total. The van der Waals surface area contributed by atoms with Crippen molar-refractivity contribution < 1.29 is 14.7 Å². The minimum atomic E-state index is -0.744. The smallest absolute Gasteiger partial charge is 0.319 e. The zero-order valence-corrected chi connectivity index (χ0v) is 11.7. The summed E-state index contributed by atoms with van der Waals surface area (Å²) in [6, 6.07) is 0.115. The molecular formula is C14H24N2O3. The molecule has 0 aromatic carbocycles. The van der Waals surface area contributed by atoms with Gasteiger partial charge in [-0.05, 0) is 37.5 Å². The Balaban J connectivity index is 1.72. The molecule has 0 aromatic rings. The standard InChI is InChI=1S/C14H24N2O3/c1-15(9-11-3-2-4-11)14(19)16-8-7-12(10-16)5-6-13(17)18/h11-12H,2-10H2,1H3,(H,17,18). The molecule has 1 atom stereocenters. The minimum Gasteiger partial charge on any atom is -0.481 e. The van der Waals surface area contributed by atoms with Gasteiger partial charge in [0.05, 0.1) is 0 Å². The molecule has 5 heteroatoms. The second-order valence-corrected chi connectivity index (χ2v) is 5.99. The number of rotatable bonds is 5. The predicted molar refractivity (Wildman–Crippen MR) is 71.9 cm³/mol. The van der Waals surface area contributed by atoms with Crippen LogP contribution in [0.4, 0.5) is 4.79 Å². The SMILES string of the molecule is CN(CC1CCC1)C(=O)N1CCC(CCC(=O)O)C1. The molecule has 0 bridgehead atoms. The number of hydrogen-bond donors (Lipinski definition) is 1. The second-order valence-electron chi connectivity index (χ2n) is 5.99. The summed E-state index contributed by atoms with van der Waals surface area (Å²) in [6.45, 7) is 2.37. The molecule has 1 unspecified atom stereocenters. The van der Waals surface area contributed by atoms with Gasteiger partial charge in [-0.2, -0.15) is 0 Å². The van der Waals surface area contributed by atoms with Gasteiger partial charge in [-0.25, -0.2) is 4.79 Å². The zero-order chi connectivity index (χ0) is 13.8. The third-order valence-electron chi connectivity index (χ3n) is 4.41. The van der Waals surface area contributed by atoms with Crippen LogP contribution in [0.2, 0.25) is 0 Å². The Labute approximate surface area is 114 Å². The lowest BCUT2D eigenvalue weighted by molar-refractivity contribution is -0.137. The molecule has 0 aromatic heterocycles. The van der Waals surface area contributed by atoms with Crippen LogP contribution in [0, 0.1) is 11.8 Å². The minimum absolute atomic E-state index is 0.115.